The molecule has 0 aromatic heterocycles. The second kappa shape index (κ2) is 7.63. The van der Waals surface area contributed by atoms with Crippen molar-refractivity contribution in [1.29, 1.82) is 0 Å². The van der Waals surface area contributed by atoms with E-state index < -0.39 is 18.6 Å². The maximum atomic E-state index is 13.4. The molecule has 3 nitrogen and oxygen atoms in total. The number of halogens is 3. The molecule has 0 spiro atoms. The molecule has 0 radical (unpaired) electrons. The summed E-state index contributed by atoms with van der Waals surface area (Å²) in [4.78, 5) is 1.85. The van der Waals surface area contributed by atoms with Crippen molar-refractivity contribution in [3.63, 3.8) is 0 Å². The Kier molecular flexibility index (Phi) is 6.22. The lowest BCUT2D eigenvalue weighted by Gasteiger charge is -2.37. The van der Waals surface area contributed by atoms with E-state index in [1.165, 1.54) is 0 Å². The van der Waals surface area contributed by atoms with E-state index >= 15 is 0 Å². The molecule has 27 heavy (non-hydrogen) atoms. The van der Waals surface area contributed by atoms with Gasteiger partial charge in [0.2, 0.25) is 0 Å². The lowest BCUT2D eigenvalue weighted by atomic mass is 9.77. The molecule has 1 atom stereocenters. The highest BCUT2D eigenvalue weighted by Crippen LogP contribution is 2.44. The lowest BCUT2D eigenvalue weighted by Crippen LogP contribution is -2.46. The van der Waals surface area contributed by atoms with Gasteiger partial charge in [-0.2, -0.15) is 13.2 Å². The highest BCUT2D eigenvalue weighted by Gasteiger charge is 2.38. The van der Waals surface area contributed by atoms with Crippen molar-refractivity contribution in [3.05, 3.63) is 28.8 Å². The molecule has 1 fully saturated rings. The molecular formula is C21H33F3N2O. The van der Waals surface area contributed by atoms with E-state index in [1.807, 2.05) is 52.5 Å². The molecule has 154 valence electrons. The summed E-state index contributed by atoms with van der Waals surface area (Å²) in [6, 6.07) is 2.85. The van der Waals surface area contributed by atoms with Gasteiger partial charge >= 0.3 is 6.18 Å². The third kappa shape index (κ3) is 5.61. The van der Waals surface area contributed by atoms with Gasteiger partial charge in [0, 0.05) is 37.8 Å². The minimum atomic E-state index is -4.30. The fourth-order valence-corrected chi connectivity index (χ4v) is 3.56. The van der Waals surface area contributed by atoms with Crippen molar-refractivity contribution in [3.8, 4) is 5.75 Å². The topological polar surface area (TPSA) is 35.5 Å². The van der Waals surface area contributed by atoms with E-state index in [-0.39, 0.29) is 16.6 Å². The first-order valence-corrected chi connectivity index (χ1v) is 9.59. The van der Waals surface area contributed by atoms with Crippen molar-refractivity contribution >= 4 is 0 Å². The Bertz CT molecular complexity index is 651. The Hall–Kier alpha value is -1.27. The van der Waals surface area contributed by atoms with Gasteiger partial charge < -0.3 is 10.4 Å². The van der Waals surface area contributed by atoms with Crippen LogP contribution in [0.5, 0.6) is 5.75 Å². The maximum Gasteiger partial charge on any atom is 0.390 e. The van der Waals surface area contributed by atoms with E-state index in [0.29, 0.717) is 37.3 Å². The molecule has 0 bridgehead atoms. The third-order valence-corrected chi connectivity index (χ3v) is 5.19. The van der Waals surface area contributed by atoms with Gasteiger partial charge in [0.1, 0.15) is 5.75 Å². The normalized spacial score (nSPS) is 18.6. The van der Waals surface area contributed by atoms with Crippen molar-refractivity contribution in [2.75, 3.05) is 26.2 Å². The number of aromatic hydroxyl groups is 1. The van der Waals surface area contributed by atoms with Crippen molar-refractivity contribution in [2.45, 2.75) is 71.0 Å². The van der Waals surface area contributed by atoms with Crippen LogP contribution in [0, 0.1) is 0 Å². The number of hydrogen-bond donors (Lipinski definition) is 2. The van der Waals surface area contributed by atoms with Crippen molar-refractivity contribution in [1.82, 2.24) is 10.2 Å². The second-order valence-corrected chi connectivity index (χ2v) is 9.58. The Morgan fingerprint density at radius 2 is 1.56 bits per heavy atom. The van der Waals surface area contributed by atoms with Gasteiger partial charge in [0.25, 0.3) is 0 Å². The summed E-state index contributed by atoms with van der Waals surface area (Å²) >= 11 is 0. The molecule has 1 aliphatic heterocycles. The van der Waals surface area contributed by atoms with Crippen LogP contribution in [0.1, 0.15) is 70.7 Å². The zero-order valence-corrected chi connectivity index (χ0v) is 17.3. The molecule has 2 rings (SSSR count). The fraction of sp³-hybridized carbons (Fsp3) is 0.714. The van der Waals surface area contributed by atoms with Crippen LogP contribution in [0.3, 0.4) is 0 Å². The van der Waals surface area contributed by atoms with Crippen molar-refractivity contribution < 1.29 is 18.3 Å². The summed E-state index contributed by atoms with van der Waals surface area (Å²) in [5.74, 6) is 0.00304. The number of nitrogens with zero attached hydrogens (tertiary/aromatic N) is 1. The number of rotatable bonds is 3. The summed E-state index contributed by atoms with van der Waals surface area (Å²) < 4.78 is 40.3. The number of phenols is 1. The summed E-state index contributed by atoms with van der Waals surface area (Å²) in [7, 11) is 0. The quantitative estimate of drug-likeness (QED) is 0.777. The standard InChI is InChI=1S/C21H33F3N2O/c1-19(2,3)14-11-15(18(27)16(12-14)20(4,5)6)17(13-21(22,23)24)26-9-7-25-8-10-26/h11-12,17,25,27H,7-10,13H2,1-6H3/t17-/m1/s1. The van der Waals surface area contributed by atoms with Crippen LogP contribution in [-0.4, -0.2) is 42.4 Å². The Morgan fingerprint density at radius 3 is 2.00 bits per heavy atom. The Labute approximate surface area is 161 Å². The smallest absolute Gasteiger partial charge is 0.390 e. The number of alkyl halides is 3. The van der Waals surface area contributed by atoms with Gasteiger partial charge in [0.15, 0.2) is 0 Å². The molecule has 1 aromatic rings. The van der Waals surface area contributed by atoms with Gasteiger partial charge in [-0.1, -0.05) is 47.6 Å². The van der Waals surface area contributed by atoms with Gasteiger partial charge in [-0.05, 0) is 28.0 Å². The molecule has 1 heterocycles. The first-order chi connectivity index (χ1) is 12.2. The van der Waals surface area contributed by atoms with Gasteiger partial charge in [-0.15, -0.1) is 0 Å². The van der Waals surface area contributed by atoms with Crippen LogP contribution in [0.2, 0.25) is 0 Å². The minimum absolute atomic E-state index is 0.00304. The zero-order chi connectivity index (χ0) is 20.6. The van der Waals surface area contributed by atoms with Crippen LogP contribution < -0.4 is 5.32 Å². The maximum absolute atomic E-state index is 13.4. The van der Waals surface area contributed by atoms with E-state index in [2.05, 4.69) is 5.32 Å². The summed E-state index contributed by atoms with van der Waals surface area (Å²) in [6.45, 7) is 14.4. The predicted molar refractivity (Wildman–Crippen MR) is 103 cm³/mol. The summed E-state index contributed by atoms with van der Waals surface area (Å²) in [5, 5.41) is 14.2. The van der Waals surface area contributed by atoms with Crippen LogP contribution in [0.4, 0.5) is 13.2 Å². The molecule has 0 unspecified atom stereocenters. The lowest BCUT2D eigenvalue weighted by molar-refractivity contribution is -0.148. The second-order valence-electron chi connectivity index (χ2n) is 9.58. The molecule has 1 saturated heterocycles. The minimum Gasteiger partial charge on any atom is -0.507 e. The number of benzene rings is 1. The molecule has 0 saturated carbocycles. The molecule has 2 N–H and O–H groups in total. The van der Waals surface area contributed by atoms with Crippen LogP contribution in [0.15, 0.2) is 12.1 Å². The first kappa shape index (κ1) is 22.0. The third-order valence-electron chi connectivity index (χ3n) is 5.19. The van der Waals surface area contributed by atoms with E-state index in [9.17, 15) is 18.3 Å². The predicted octanol–water partition coefficient (Wildman–Crippen LogP) is 4.89. The van der Waals surface area contributed by atoms with Crippen molar-refractivity contribution in [2.24, 2.45) is 0 Å². The van der Waals surface area contributed by atoms with Gasteiger partial charge in [0.05, 0.1) is 6.42 Å². The Morgan fingerprint density at radius 1 is 1.00 bits per heavy atom. The van der Waals surface area contributed by atoms with Crippen LogP contribution in [-0.2, 0) is 10.8 Å². The SMILES string of the molecule is CC(C)(C)c1cc([C@@H](CC(F)(F)F)N2CCNCC2)c(O)c(C(C)(C)C)c1. The number of phenolic OH excluding ortho intramolecular Hbond substituents is 1. The molecular weight excluding hydrogens is 353 g/mol. The monoisotopic (exact) mass is 386 g/mol. The van der Waals surface area contributed by atoms with E-state index in [4.69, 9.17) is 0 Å². The highest BCUT2D eigenvalue weighted by atomic mass is 19.4. The largest absolute Gasteiger partial charge is 0.507 e. The van der Waals surface area contributed by atoms with Gasteiger partial charge in [-0.25, -0.2) is 0 Å². The average molecular weight is 387 g/mol. The molecule has 1 aliphatic rings. The number of nitrogens with one attached hydrogen (secondary N) is 1. The fourth-order valence-electron chi connectivity index (χ4n) is 3.56. The molecule has 0 amide bonds. The molecule has 1 aromatic carbocycles. The molecule has 0 aliphatic carbocycles. The highest BCUT2D eigenvalue weighted by molar-refractivity contribution is 5.50. The van der Waals surface area contributed by atoms with Crippen LogP contribution in [0.25, 0.3) is 0 Å². The average Bonchev–Trinajstić information content (AvgIpc) is 2.51. The summed E-state index contributed by atoms with van der Waals surface area (Å²) in [6.07, 6.45) is -5.26. The van der Waals surface area contributed by atoms with Gasteiger partial charge in [-0.3, -0.25) is 4.90 Å². The first-order valence-electron chi connectivity index (χ1n) is 9.59. The zero-order valence-electron chi connectivity index (χ0n) is 17.3. The van der Waals surface area contributed by atoms with Crippen LogP contribution >= 0.6 is 0 Å². The number of piperazine rings is 1. The molecule has 6 heteroatoms. The Balaban J connectivity index is 2.65. The van der Waals surface area contributed by atoms with E-state index in [0.717, 1.165) is 5.56 Å². The number of hydrogen-bond acceptors (Lipinski definition) is 3. The summed E-state index contributed by atoms with van der Waals surface area (Å²) in [5.41, 5.74) is 1.45. The van der Waals surface area contributed by atoms with E-state index in [1.54, 1.807) is 6.07 Å².